The molecule has 0 spiro atoms. The Balaban J connectivity index is 1.67. The fourth-order valence-electron chi connectivity index (χ4n) is 5.10. The van der Waals surface area contributed by atoms with Crippen LogP contribution in [0.4, 0.5) is 5.69 Å². The Morgan fingerprint density at radius 3 is 2.47 bits per heavy atom. The maximum absolute atomic E-state index is 12.2. The van der Waals surface area contributed by atoms with E-state index >= 15 is 0 Å². The van der Waals surface area contributed by atoms with Gasteiger partial charge in [0, 0.05) is 29.0 Å². The molecule has 1 fully saturated rings. The third-order valence-electron chi connectivity index (χ3n) is 6.69. The molecule has 6 nitrogen and oxygen atoms in total. The van der Waals surface area contributed by atoms with Crippen molar-refractivity contribution in [2.24, 2.45) is 0 Å². The number of thiocarbonyl (C=S) groups is 1. The summed E-state index contributed by atoms with van der Waals surface area (Å²) in [6, 6.07) is 23.8. The van der Waals surface area contributed by atoms with Gasteiger partial charge >= 0.3 is 5.97 Å². The van der Waals surface area contributed by atoms with E-state index < -0.39 is 0 Å². The van der Waals surface area contributed by atoms with Gasteiger partial charge in [-0.2, -0.15) is 0 Å². The van der Waals surface area contributed by atoms with Gasteiger partial charge in [-0.1, -0.05) is 24.3 Å². The minimum Gasteiger partial charge on any atom is -0.465 e. The van der Waals surface area contributed by atoms with Crippen molar-refractivity contribution in [3.8, 4) is 5.69 Å². The molecule has 0 aliphatic carbocycles. The van der Waals surface area contributed by atoms with Crippen LogP contribution in [-0.2, 0) is 4.74 Å². The molecule has 3 heterocycles. The Bertz CT molecular complexity index is 1450. The number of pyridine rings is 1. The second-order valence-electron chi connectivity index (χ2n) is 9.04. The average Bonchev–Trinajstić information content (AvgIpc) is 3.39. The molecule has 5 rings (SSSR count). The summed E-state index contributed by atoms with van der Waals surface area (Å²) < 4.78 is 7.11. The Hall–Kier alpha value is -3.97. The Labute approximate surface area is 216 Å². The van der Waals surface area contributed by atoms with Crippen molar-refractivity contribution in [1.82, 2.24) is 14.9 Å². The van der Waals surface area contributed by atoms with Gasteiger partial charge in [-0.3, -0.25) is 4.98 Å². The molecular formula is C29H28N4O2S. The van der Waals surface area contributed by atoms with E-state index in [9.17, 15) is 4.79 Å². The number of nitrogens with zero attached hydrogens (tertiary/aromatic N) is 3. The van der Waals surface area contributed by atoms with Crippen LogP contribution in [0.1, 0.15) is 50.7 Å². The molecule has 1 aliphatic rings. The molecule has 0 radical (unpaired) electrons. The van der Waals surface area contributed by atoms with Crippen molar-refractivity contribution in [3.63, 3.8) is 0 Å². The molecule has 2 atom stereocenters. The van der Waals surface area contributed by atoms with E-state index in [2.05, 4.69) is 70.9 Å². The highest BCUT2D eigenvalue weighted by atomic mass is 32.1. The first-order chi connectivity index (χ1) is 17.4. The predicted octanol–water partition coefficient (Wildman–Crippen LogP) is 5.76. The normalized spacial score (nSPS) is 17.2. The molecule has 36 heavy (non-hydrogen) atoms. The van der Waals surface area contributed by atoms with Gasteiger partial charge in [0.15, 0.2) is 5.11 Å². The monoisotopic (exact) mass is 496 g/mol. The zero-order chi connectivity index (χ0) is 25.4. The fraction of sp³-hybridized carbons (Fsp3) is 0.207. The number of nitrogens with one attached hydrogen (secondary N) is 1. The largest absolute Gasteiger partial charge is 0.465 e. The van der Waals surface area contributed by atoms with Gasteiger partial charge in [0.1, 0.15) is 0 Å². The summed E-state index contributed by atoms with van der Waals surface area (Å²) in [7, 11) is 1.40. The summed E-state index contributed by atoms with van der Waals surface area (Å²) in [5.74, 6) is -0.356. The van der Waals surface area contributed by atoms with Crippen molar-refractivity contribution in [2.45, 2.75) is 32.9 Å². The lowest BCUT2D eigenvalue weighted by atomic mass is 9.96. The second-order valence-corrected chi connectivity index (χ2v) is 9.43. The molecule has 2 aromatic heterocycles. The minimum atomic E-state index is -0.356. The van der Waals surface area contributed by atoms with E-state index in [-0.39, 0.29) is 18.1 Å². The number of anilines is 1. The van der Waals surface area contributed by atoms with Crippen molar-refractivity contribution in [1.29, 1.82) is 0 Å². The molecular weight excluding hydrogens is 468 g/mol. The second kappa shape index (κ2) is 9.59. The smallest absolute Gasteiger partial charge is 0.337 e. The van der Waals surface area contributed by atoms with Crippen molar-refractivity contribution in [2.75, 3.05) is 12.0 Å². The van der Waals surface area contributed by atoms with Gasteiger partial charge in [-0.05, 0) is 92.6 Å². The quantitative estimate of drug-likeness (QED) is 0.280. The number of ether oxygens (including phenoxy) is 1. The number of carbonyl (C=O) groups excluding carboxylic acids is 1. The molecule has 1 saturated heterocycles. The summed E-state index contributed by atoms with van der Waals surface area (Å²) in [5, 5.41) is 4.20. The van der Waals surface area contributed by atoms with Crippen LogP contribution in [0.2, 0.25) is 0 Å². The zero-order valence-corrected chi connectivity index (χ0v) is 21.5. The number of aromatic nitrogens is 2. The van der Waals surface area contributed by atoms with Crippen LogP contribution >= 0.6 is 12.2 Å². The number of hydrogen-bond donors (Lipinski definition) is 1. The van der Waals surface area contributed by atoms with E-state index in [1.165, 1.54) is 12.7 Å². The van der Waals surface area contributed by atoms with Gasteiger partial charge in [-0.25, -0.2) is 4.79 Å². The first kappa shape index (κ1) is 23.8. The number of methoxy groups -OCH3 is 1. The number of benzene rings is 2. The summed E-state index contributed by atoms with van der Waals surface area (Å²) in [6.07, 6.45) is 1.81. The van der Waals surface area contributed by atoms with Crippen LogP contribution in [0.15, 0.2) is 79.0 Å². The molecule has 1 N–H and O–H groups in total. The van der Waals surface area contributed by atoms with Crippen LogP contribution in [0.25, 0.3) is 5.69 Å². The number of rotatable bonds is 5. The molecule has 2 aromatic carbocycles. The average molecular weight is 497 g/mol. The summed E-state index contributed by atoms with van der Waals surface area (Å²) in [5.41, 5.74) is 7.83. The van der Waals surface area contributed by atoms with Gasteiger partial charge in [0.25, 0.3) is 0 Å². The van der Waals surface area contributed by atoms with E-state index in [4.69, 9.17) is 17.0 Å². The van der Waals surface area contributed by atoms with Crippen LogP contribution in [0.5, 0.6) is 0 Å². The van der Waals surface area contributed by atoms with Crippen molar-refractivity contribution in [3.05, 3.63) is 113 Å². The molecule has 7 heteroatoms. The van der Waals surface area contributed by atoms with E-state index in [1.807, 2.05) is 42.6 Å². The summed E-state index contributed by atoms with van der Waals surface area (Å²) in [4.78, 5) is 19.0. The third kappa shape index (κ3) is 4.16. The number of carbonyl (C=O) groups is 1. The lowest BCUT2D eigenvalue weighted by Crippen LogP contribution is -2.29. The first-order valence-corrected chi connectivity index (χ1v) is 12.2. The number of esters is 1. The topological polar surface area (TPSA) is 59.4 Å². The van der Waals surface area contributed by atoms with Crippen LogP contribution in [0.3, 0.4) is 0 Å². The standard InChI is InChI=1S/C29H28N4O2S/c1-18-9-7-11-22(15-18)33-27(26(31-29(33)36)25-13-5-6-14-30-25)24-16-19(2)32(20(24)3)23-12-8-10-21(17-23)28(34)35-4/h5-17,26-27H,1-4H3,(H,31,36). The van der Waals surface area contributed by atoms with Crippen LogP contribution in [-0.4, -0.2) is 27.7 Å². The third-order valence-corrected chi connectivity index (χ3v) is 7.01. The van der Waals surface area contributed by atoms with Crippen LogP contribution in [0, 0.1) is 20.8 Å². The fourth-order valence-corrected chi connectivity index (χ4v) is 5.45. The number of hydrogen-bond acceptors (Lipinski definition) is 4. The molecule has 2 unspecified atom stereocenters. The van der Waals surface area contributed by atoms with E-state index in [1.54, 1.807) is 6.07 Å². The maximum Gasteiger partial charge on any atom is 0.337 e. The van der Waals surface area contributed by atoms with Crippen molar-refractivity contribution < 1.29 is 9.53 Å². The van der Waals surface area contributed by atoms with Gasteiger partial charge < -0.3 is 19.5 Å². The zero-order valence-electron chi connectivity index (χ0n) is 20.7. The Morgan fingerprint density at radius 2 is 1.75 bits per heavy atom. The van der Waals surface area contributed by atoms with E-state index in [0.29, 0.717) is 10.7 Å². The lowest BCUT2D eigenvalue weighted by Gasteiger charge is -2.28. The summed E-state index contributed by atoms with van der Waals surface area (Å²) in [6.45, 7) is 6.27. The minimum absolute atomic E-state index is 0.113. The Kier molecular flexibility index (Phi) is 6.33. The molecule has 182 valence electrons. The van der Waals surface area contributed by atoms with Crippen LogP contribution < -0.4 is 10.2 Å². The predicted molar refractivity (Wildman–Crippen MR) is 146 cm³/mol. The SMILES string of the molecule is COC(=O)c1cccc(-n2c(C)cc(C3C(c4ccccn4)NC(=S)N3c3cccc(C)c3)c2C)c1. The highest BCUT2D eigenvalue weighted by Crippen LogP contribution is 2.43. The lowest BCUT2D eigenvalue weighted by molar-refractivity contribution is 0.0600. The van der Waals surface area contributed by atoms with Gasteiger partial charge in [0.2, 0.25) is 0 Å². The van der Waals surface area contributed by atoms with Crippen molar-refractivity contribution >= 4 is 29.0 Å². The molecule has 0 bridgehead atoms. The molecule has 4 aromatic rings. The number of aryl methyl sites for hydroxylation is 2. The maximum atomic E-state index is 12.2. The highest BCUT2D eigenvalue weighted by Gasteiger charge is 2.42. The molecule has 0 saturated carbocycles. The van der Waals surface area contributed by atoms with Gasteiger partial charge in [-0.15, -0.1) is 0 Å². The molecule has 1 aliphatic heterocycles. The first-order valence-electron chi connectivity index (χ1n) is 11.8. The highest BCUT2D eigenvalue weighted by molar-refractivity contribution is 7.80. The molecule has 0 amide bonds. The van der Waals surface area contributed by atoms with Gasteiger partial charge in [0.05, 0.1) is 30.5 Å². The Morgan fingerprint density at radius 1 is 0.972 bits per heavy atom. The summed E-state index contributed by atoms with van der Waals surface area (Å²) >= 11 is 5.88. The van der Waals surface area contributed by atoms with E-state index in [0.717, 1.165) is 34.0 Å².